The Morgan fingerprint density at radius 1 is 0.667 bits per heavy atom. The minimum atomic E-state index is 0.247. The summed E-state index contributed by atoms with van der Waals surface area (Å²) in [7, 11) is 0. The van der Waals surface area contributed by atoms with Gasteiger partial charge in [0.05, 0.1) is 11.0 Å². The lowest BCUT2D eigenvalue weighted by molar-refractivity contribution is 0.717. The zero-order valence-electron chi connectivity index (χ0n) is 26.4. The van der Waals surface area contributed by atoms with Crippen LogP contribution in [0.25, 0.3) is 59.7 Å². The first kappa shape index (κ1) is 27.3. The Labute approximate surface area is 278 Å². The maximum Gasteiger partial charge on any atom is 0.160 e. The van der Waals surface area contributed by atoms with Crippen LogP contribution in [0.1, 0.15) is 30.3 Å². The summed E-state index contributed by atoms with van der Waals surface area (Å²) < 4.78 is 0. The minimum absolute atomic E-state index is 0.247. The fraction of sp³-hybridized carbons (Fsp3) is 0.114. The number of allylic oxidation sites excluding steroid dienone is 9. The third kappa shape index (κ3) is 4.26. The van der Waals surface area contributed by atoms with Gasteiger partial charge in [-0.2, -0.15) is 0 Å². The van der Waals surface area contributed by atoms with Gasteiger partial charge in [0, 0.05) is 57.4 Å². The van der Waals surface area contributed by atoms with Crippen LogP contribution in [0.2, 0.25) is 0 Å². The number of pyridine rings is 1. The Kier molecular flexibility index (Phi) is 6.16. The molecule has 1 aliphatic heterocycles. The largest absolute Gasteiger partial charge is 0.387 e. The first-order valence-electron chi connectivity index (χ1n) is 16.9. The molecule has 0 fully saturated rings. The Bertz CT molecular complexity index is 2520. The fourth-order valence-corrected chi connectivity index (χ4v) is 8.13. The van der Waals surface area contributed by atoms with Crippen LogP contribution in [0.4, 0.5) is 0 Å². The highest BCUT2D eigenvalue weighted by Crippen LogP contribution is 2.44. The van der Waals surface area contributed by atoms with Gasteiger partial charge in [0.15, 0.2) is 5.82 Å². The number of fused-ring (bicyclic) bond motifs is 6. The van der Waals surface area contributed by atoms with Gasteiger partial charge in [0.1, 0.15) is 0 Å². The first-order chi connectivity index (χ1) is 23.8. The molecule has 0 radical (unpaired) electrons. The molecular formula is C44H32N4. The van der Waals surface area contributed by atoms with Crippen molar-refractivity contribution in [3.8, 4) is 0 Å². The molecule has 3 aliphatic rings. The summed E-state index contributed by atoms with van der Waals surface area (Å²) in [5.41, 5.74) is 8.34. The van der Waals surface area contributed by atoms with Crippen molar-refractivity contribution in [3.05, 3.63) is 168 Å². The SMILES string of the molecule is C1=CNCC(C2=CC(C3C=CC(c4nc5c6ccccc6c6cccc7c8ccccc8c(n4)c5c67)=CC3)=CC(c3ccccn3)C2)=C1. The molecule has 2 aliphatic carbocycles. The minimum Gasteiger partial charge on any atom is -0.387 e. The van der Waals surface area contributed by atoms with E-state index < -0.39 is 0 Å². The van der Waals surface area contributed by atoms with Gasteiger partial charge in [-0.25, -0.2) is 9.97 Å². The molecule has 4 heteroatoms. The normalized spacial score (nSPS) is 19.5. The van der Waals surface area contributed by atoms with Crippen LogP contribution in [-0.2, 0) is 0 Å². The standard InChI is InChI=1S/C44H32N4/c1-3-12-37-33(10-1)35-14-7-15-36-34-11-2-4-13-38(34)43-41(40(35)36)42(37)47-44(48-43)28-19-17-27(18-20-28)30-23-31(29-9-8-21-45-26-29)25-32(24-30)39-16-5-6-22-46-39/h1-17,19-24,27,32,45H,18,25-26H2. The van der Waals surface area contributed by atoms with E-state index in [0.29, 0.717) is 0 Å². The number of dihydropyridines is 1. The lowest BCUT2D eigenvalue weighted by Gasteiger charge is -2.27. The second-order valence-corrected chi connectivity index (χ2v) is 13.1. The van der Waals surface area contributed by atoms with Gasteiger partial charge in [0.25, 0.3) is 0 Å². The van der Waals surface area contributed by atoms with Gasteiger partial charge in [-0.1, -0.05) is 109 Å². The van der Waals surface area contributed by atoms with Gasteiger partial charge in [-0.3, -0.25) is 4.98 Å². The van der Waals surface area contributed by atoms with Crippen LogP contribution < -0.4 is 5.32 Å². The highest BCUT2D eigenvalue weighted by atomic mass is 14.9. The molecule has 3 heterocycles. The highest BCUT2D eigenvalue weighted by molar-refractivity contribution is 6.38. The first-order valence-corrected chi connectivity index (χ1v) is 16.9. The van der Waals surface area contributed by atoms with Crippen LogP contribution >= 0.6 is 0 Å². The summed E-state index contributed by atoms with van der Waals surface area (Å²) in [5, 5.41) is 13.1. The lowest BCUT2D eigenvalue weighted by Crippen LogP contribution is -2.18. The predicted molar refractivity (Wildman–Crippen MR) is 199 cm³/mol. The summed E-state index contributed by atoms with van der Waals surface area (Å²) in [6, 6.07) is 30.3. The van der Waals surface area contributed by atoms with E-state index in [2.05, 4.69) is 127 Å². The maximum absolute atomic E-state index is 5.36. The van der Waals surface area contributed by atoms with Crippen LogP contribution in [0.3, 0.4) is 0 Å². The topological polar surface area (TPSA) is 50.7 Å². The molecule has 0 amide bonds. The summed E-state index contributed by atoms with van der Waals surface area (Å²) in [6.07, 6.45) is 21.9. The zero-order chi connectivity index (χ0) is 31.6. The average molecular weight is 617 g/mol. The molecule has 0 bridgehead atoms. The highest BCUT2D eigenvalue weighted by Gasteiger charge is 2.25. The maximum atomic E-state index is 5.36. The van der Waals surface area contributed by atoms with Gasteiger partial charge < -0.3 is 5.32 Å². The van der Waals surface area contributed by atoms with E-state index in [-0.39, 0.29) is 11.8 Å². The van der Waals surface area contributed by atoms with E-state index in [9.17, 15) is 0 Å². The number of aromatic nitrogens is 3. The second kappa shape index (κ2) is 10.9. The van der Waals surface area contributed by atoms with E-state index in [1.165, 1.54) is 54.4 Å². The van der Waals surface area contributed by atoms with E-state index in [4.69, 9.17) is 15.0 Å². The van der Waals surface area contributed by atoms with Crippen molar-refractivity contribution in [1.82, 2.24) is 20.3 Å². The van der Waals surface area contributed by atoms with Gasteiger partial charge in [-0.05, 0) is 75.5 Å². The average Bonchev–Trinajstić information content (AvgIpc) is 3.18. The number of rotatable bonds is 4. The Hall–Kier alpha value is -5.87. The second-order valence-electron chi connectivity index (χ2n) is 13.1. The molecule has 1 N–H and O–H groups in total. The van der Waals surface area contributed by atoms with E-state index in [1.54, 1.807) is 0 Å². The quantitative estimate of drug-likeness (QED) is 0.158. The molecule has 48 heavy (non-hydrogen) atoms. The molecule has 10 rings (SSSR count). The molecule has 0 spiro atoms. The number of nitrogens with zero attached hydrogens (tertiary/aromatic N) is 3. The number of nitrogens with one attached hydrogen (secondary N) is 1. The fourth-order valence-electron chi connectivity index (χ4n) is 8.13. The Balaban J connectivity index is 1.10. The van der Waals surface area contributed by atoms with E-state index >= 15 is 0 Å². The molecule has 4 nitrogen and oxygen atoms in total. The van der Waals surface area contributed by atoms with Gasteiger partial charge in [-0.15, -0.1) is 0 Å². The zero-order valence-corrected chi connectivity index (χ0v) is 26.4. The lowest BCUT2D eigenvalue weighted by atomic mass is 9.78. The van der Waals surface area contributed by atoms with E-state index in [1.807, 2.05) is 18.5 Å². The summed E-state index contributed by atoms with van der Waals surface area (Å²) in [4.78, 5) is 15.5. The summed E-state index contributed by atoms with van der Waals surface area (Å²) in [6.45, 7) is 0.853. The molecular weight excluding hydrogens is 585 g/mol. The molecule has 2 atom stereocenters. The summed E-state index contributed by atoms with van der Waals surface area (Å²) in [5.74, 6) is 1.31. The monoisotopic (exact) mass is 616 g/mol. The Morgan fingerprint density at radius 3 is 2.02 bits per heavy atom. The molecule has 228 valence electrons. The van der Waals surface area contributed by atoms with Crippen molar-refractivity contribution >= 4 is 59.7 Å². The van der Waals surface area contributed by atoms with Crippen molar-refractivity contribution in [3.63, 3.8) is 0 Å². The van der Waals surface area contributed by atoms with Crippen molar-refractivity contribution in [2.45, 2.75) is 18.8 Å². The molecule has 2 unspecified atom stereocenters. The van der Waals surface area contributed by atoms with Crippen LogP contribution in [0.15, 0.2) is 157 Å². The third-order valence-corrected chi connectivity index (χ3v) is 10.4. The molecule has 0 saturated carbocycles. The van der Waals surface area contributed by atoms with Gasteiger partial charge >= 0.3 is 0 Å². The van der Waals surface area contributed by atoms with Crippen molar-refractivity contribution in [2.24, 2.45) is 5.92 Å². The van der Waals surface area contributed by atoms with E-state index in [0.717, 1.165) is 52.9 Å². The number of hydrogen-bond donors (Lipinski definition) is 1. The van der Waals surface area contributed by atoms with Crippen LogP contribution in [0, 0.1) is 5.92 Å². The predicted octanol–water partition coefficient (Wildman–Crippen LogP) is 10.1. The third-order valence-electron chi connectivity index (χ3n) is 10.4. The summed E-state index contributed by atoms with van der Waals surface area (Å²) >= 11 is 0. The van der Waals surface area contributed by atoms with Crippen molar-refractivity contribution in [1.29, 1.82) is 0 Å². The molecule has 5 aromatic carbocycles. The Morgan fingerprint density at radius 2 is 1.38 bits per heavy atom. The van der Waals surface area contributed by atoms with Crippen molar-refractivity contribution < 1.29 is 0 Å². The smallest absolute Gasteiger partial charge is 0.160 e. The number of hydrogen-bond acceptors (Lipinski definition) is 4. The number of benzene rings is 5. The molecule has 2 aromatic heterocycles. The molecule has 0 saturated heterocycles. The van der Waals surface area contributed by atoms with Crippen molar-refractivity contribution in [2.75, 3.05) is 6.54 Å². The van der Waals surface area contributed by atoms with Crippen LogP contribution in [0.5, 0.6) is 0 Å². The molecule has 7 aromatic rings. The van der Waals surface area contributed by atoms with Crippen LogP contribution in [-0.4, -0.2) is 21.5 Å². The van der Waals surface area contributed by atoms with Gasteiger partial charge in [0.2, 0.25) is 0 Å².